The van der Waals surface area contributed by atoms with Crippen LogP contribution in [0, 0.1) is 5.41 Å². The van der Waals surface area contributed by atoms with Crippen molar-refractivity contribution in [1.82, 2.24) is 9.55 Å². The third-order valence-corrected chi connectivity index (χ3v) is 3.33. The van der Waals surface area contributed by atoms with E-state index in [0.717, 1.165) is 6.08 Å². The average molecular weight is 309 g/mol. The Labute approximate surface area is 129 Å². The van der Waals surface area contributed by atoms with Crippen LogP contribution in [0.25, 0.3) is 16.3 Å². The normalized spacial score (nSPS) is 14.3. The summed E-state index contributed by atoms with van der Waals surface area (Å²) in [4.78, 5) is 16.2. The number of aromatic nitrogens is 2. The van der Waals surface area contributed by atoms with Gasteiger partial charge in [-0.25, -0.2) is 9.37 Å². The van der Waals surface area contributed by atoms with Crippen LogP contribution in [-0.4, -0.2) is 21.1 Å². The summed E-state index contributed by atoms with van der Waals surface area (Å²) in [6, 6.07) is 4.52. The van der Waals surface area contributed by atoms with Crippen LogP contribution < -0.4 is 10.3 Å². The van der Waals surface area contributed by atoms with Crippen LogP contribution in [-0.2, 0) is 7.05 Å². The quantitative estimate of drug-likeness (QED) is 0.863. The highest BCUT2D eigenvalue weighted by atomic mass is 19.1. The zero-order valence-corrected chi connectivity index (χ0v) is 12.0. The number of nitrogens with one attached hydrogen (secondary N) is 1. The van der Waals surface area contributed by atoms with E-state index in [4.69, 9.17) is 15.6 Å². The molecule has 0 atom stereocenters. The van der Waals surface area contributed by atoms with Gasteiger partial charge in [-0.1, -0.05) is 0 Å². The molecule has 0 fully saturated rings. The van der Waals surface area contributed by atoms with Crippen LogP contribution in [0.5, 0.6) is 5.75 Å². The van der Waals surface area contributed by atoms with Gasteiger partial charge in [-0.05, 0) is 30.4 Å². The zero-order valence-electron chi connectivity index (χ0n) is 12.0. The number of hydrogen-bond acceptors (Lipinski definition) is 4. The second-order valence-corrected chi connectivity index (χ2v) is 4.85. The number of hydrogen-bond donors (Lipinski definition) is 1. The molecule has 0 spiro atoms. The molecule has 0 saturated carbocycles. The topological polar surface area (TPSA) is 90.3 Å². The van der Waals surface area contributed by atoms with Crippen molar-refractivity contribution in [2.75, 3.05) is 0 Å². The van der Waals surface area contributed by atoms with Gasteiger partial charge in [-0.2, -0.15) is 0 Å². The third-order valence-electron chi connectivity index (χ3n) is 3.33. The lowest BCUT2D eigenvalue weighted by atomic mass is 10.0. The van der Waals surface area contributed by atoms with Crippen molar-refractivity contribution < 1.29 is 9.13 Å². The first kappa shape index (κ1) is 14.6. The lowest BCUT2D eigenvalue weighted by molar-refractivity contribution is 0.416. The molecule has 1 N–H and O–H groups in total. The van der Waals surface area contributed by atoms with Gasteiger partial charge in [0, 0.05) is 7.05 Å². The molecule has 0 bridgehead atoms. The molecule has 3 rings (SSSR count). The molecule has 2 aromatic rings. The van der Waals surface area contributed by atoms with E-state index in [1.165, 1.54) is 29.1 Å². The second kappa shape index (κ2) is 5.47. The molecule has 0 aliphatic heterocycles. The molecule has 1 heterocycles. The Morgan fingerprint density at radius 1 is 1.39 bits per heavy atom. The molecule has 0 unspecified atom stereocenters. The summed E-state index contributed by atoms with van der Waals surface area (Å²) in [7, 11) is 1.57. The molecule has 0 saturated heterocycles. The SMILES string of the molecule is Cn1cnc2ccc(OC3=C(F)C=CC(=N)C3=C=[N-])cc2c1=O. The largest absolute Gasteiger partial charge is 0.763 e. The number of halogens is 1. The maximum absolute atomic E-state index is 13.9. The lowest BCUT2D eigenvalue weighted by Gasteiger charge is -2.16. The molecule has 0 radical (unpaired) electrons. The van der Waals surface area contributed by atoms with Crippen LogP contribution in [0.1, 0.15) is 0 Å². The number of aryl methyl sites for hydroxylation is 1. The first-order valence-corrected chi connectivity index (χ1v) is 6.58. The van der Waals surface area contributed by atoms with Crippen LogP contribution in [0.15, 0.2) is 58.6 Å². The van der Waals surface area contributed by atoms with E-state index in [2.05, 4.69) is 4.98 Å². The Morgan fingerprint density at radius 3 is 2.91 bits per heavy atom. The molecule has 1 aromatic carbocycles. The summed E-state index contributed by atoms with van der Waals surface area (Å²) < 4.78 is 20.7. The Balaban J connectivity index is 2.10. The maximum atomic E-state index is 13.9. The second-order valence-electron chi connectivity index (χ2n) is 4.85. The molecule has 0 amide bonds. The van der Waals surface area contributed by atoms with Crippen molar-refractivity contribution in [3.05, 3.63) is 69.6 Å². The van der Waals surface area contributed by atoms with Gasteiger partial charge in [0.15, 0.2) is 11.6 Å². The van der Waals surface area contributed by atoms with Crippen LogP contribution in [0.3, 0.4) is 0 Å². The van der Waals surface area contributed by atoms with Crippen LogP contribution in [0.2, 0.25) is 0 Å². The van der Waals surface area contributed by atoms with E-state index in [-0.39, 0.29) is 28.4 Å². The fourth-order valence-corrected chi connectivity index (χ4v) is 2.14. The number of fused-ring (bicyclic) bond motifs is 1. The number of ether oxygens (including phenoxy) is 1. The molecule has 1 aliphatic carbocycles. The van der Waals surface area contributed by atoms with Gasteiger partial charge in [-0.15, -0.1) is 0 Å². The van der Waals surface area contributed by atoms with E-state index in [1.807, 2.05) is 0 Å². The first-order valence-electron chi connectivity index (χ1n) is 6.58. The van der Waals surface area contributed by atoms with Gasteiger partial charge in [0.2, 0.25) is 0 Å². The molecular weight excluding hydrogens is 299 g/mol. The minimum Gasteiger partial charge on any atom is -0.763 e. The van der Waals surface area contributed by atoms with Crippen LogP contribution >= 0.6 is 0 Å². The van der Waals surface area contributed by atoms with Gasteiger partial charge in [0.05, 0.1) is 28.5 Å². The monoisotopic (exact) mass is 309 g/mol. The van der Waals surface area contributed by atoms with Crippen molar-refractivity contribution in [1.29, 1.82) is 5.41 Å². The fourth-order valence-electron chi connectivity index (χ4n) is 2.14. The Morgan fingerprint density at radius 2 is 2.17 bits per heavy atom. The molecule has 1 aromatic heterocycles. The highest BCUT2D eigenvalue weighted by Gasteiger charge is 2.19. The van der Waals surface area contributed by atoms with Gasteiger partial charge >= 0.3 is 0 Å². The predicted octanol–water partition coefficient (Wildman–Crippen LogP) is 2.25. The third kappa shape index (κ3) is 2.49. The first-order chi connectivity index (χ1) is 11.0. The summed E-state index contributed by atoms with van der Waals surface area (Å²) in [5.74, 6) is 0.850. The Bertz CT molecular complexity index is 1010. The van der Waals surface area contributed by atoms with Crippen LogP contribution in [0.4, 0.5) is 4.39 Å². The molecule has 114 valence electrons. The summed E-state index contributed by atoms with van der Waals surface area (Å²) in [5, 5.41) is 17.0. The van der Waals surface area contributed by atoms with Crippen molar-refractivity contribution in [2.45, 2.75) is 0 Å². The van der Waals surface area contributed by atoms with E-state index in [9.17, 15) is 9.18 Å². The summed E-state index contributed by atoms with van der Waals surface area (Å²) >= 11 is 0. The standard InChI is InChI=1S/C16H10FN4O2/c1-21-8-20-14-5-2-9(6-10(14)16(21)22)23-15-11(7-18)13(19)4-3-12(15)17/h2-6,8,19H,1H3/q-1. The van der Waals surface area contributed by atoms with Gasteiger partial charge in [-0.3, -0.25) is 16.1 Å². The molecule has 7 heteroatoms. The summed E-state index contributed by atoms with van der Waals surface area (Å²) in [5.41, 5.74) is -0.127. The van der Waals surface area contributed by atoms with E-state index in [1.54, 1.807) is 19.0 Å². The molecule has 6 nitrogen and oxygen atoms in total. The molecular formula is C16H10FN4O2-. The van der Waals surface area contributed by atoms with Gasteiger partial charge in [0.25, 0.3) is 5.56 Å². The zero-order chi connectivity index (χ0) is 16.6. The fraction of sp³-hybridized carbons (Fsp3) is 0.0625. The number of rotatable bonds is 2. The number of allylic oxidation sites excluding steroid dienone is 4. The highest BCUT2D eigenvalue weighted by molar-refractivity contribution is 6.16. The summed E-state index contributed by atoms with van der Waals surface area (Å²) in [6.45, 7) is 0. The van der Waals surface area contributed by atoms with E-state index < -0.39 is 5.83 Å². The maximum Gasteiger partial charge on any atom is 0.261 e. The highest BCUT2D eigenvalue weighted by Crippen LogP contribution is 2.27. The lowest BCUT2D eigenvalue weighted by Crippen LogP contribution is -2.17. The van der Waals surface area contributed by atoms with Crippen molar-refractivity contribution in [3.63, 3.8) is 0 Å². The summed E-state index contributed by atoms with van der Waals surface area (Å²) in [6.07, 6.45) is 3.64. The predicted molar refractivity (Wildman–Crippen MR) is 84.5 cm³/mol. The molecule has 23 heavy (non-hydrogen) atoms. The minimum absolute atomic E-state index is 0.137. The van der Waals surface area contributed by atoms with Crippen molar-refractivity contribution >= 4 is 22.5 Å². The van der Waals surface area contributed by atoms with Gasteiger partial charge in [0.1, 0.15) is 5.75 Å². The molecule has 1 aliphatic rings. The van der Waals surface area contributed by atoms with E-state index in [0.29, 0.717) is 10.9 Å². The number of nitrogens with zero attached hydrogens (tertiary/aromatic N) is 3. The van der Waals surface area contributed by atoms with E-state index >= 15 is 0 Å². The van der Waals surface area contributed by atoms with Gasteiger partial charge < -0.3 is 14.7 Å². The number of benzene rings is 1. The minimum atomic E-state index is -0.753. The van der Waals surface area contributed by atoms with Crippen molar-refractivity contribution in [2.24, 2.45) is 7.05 Å². The average Bonchev–Trinajstić information content (AvgIpc) is 2.55. The van der Waals surface area contributed by atoms with Crippen molar-refractivity contribution in [3.8, 4) is 5.75 Å². The Hall–Kier alpha value is -3.31. The smallest absolute Gasteiger partial charge is 0.261 e. The Kier molecular flexibility index (Phi) is 3.48.